The van der Waals surface area contributed by atoms with Gasteiger partial charge in [0.25, 0.3) is 5.97 Å². The molecule has 4 aliphatic heterocycles. The van der Waals surface area contributed by atoms with Gasteiger partial charge in [-0.1, -0.05) is 135 Å². The molecule has 5 aliphatic rings. The van der Waals surface area contributed by atoms with E-state index >= 15 is 0 Å². The Bertz CT molecular complexity index is 1750. The number of benzene rings is 4. The van der Waals surface area contributed by atoms with E-state index in [-0.39, 0.29) is 19.8 Å². The van der Waals surface area contributed by atoms with Crippen LogP contribution in [0.2, 0.25) is 0 Å². The fourth-order valence-corrected chi connectivity index (χ4v) is 8.01. The van der Waals surface area contributed by atoms with Crippen LogP contribution in [-0.2, 0) is 69.1 Å². The maximum Gasteiger partial charge on any atom is 0.284 e. The highest BCUT2D eigenvalue weighted by molar-refractivity contribution is 5.17. The molecule has 3 unspecified atom stereocenters. The molecule has 12 atom stereocenters. The predicted octanol–water partition coefficient (Wildman–Crippen LogP) is 5.83. The number of unbranched alkanes of at least 4 members (excludes halogenated alkanes) is 1. The second-order valence-electron chi connectivity index (χ2n) is 14.9. The second kappa shape index (κ2) is 18.4. The summed E-state index contributed by atoms with van der Waals surface area (Å²) in [5, 5.41) is 22.9. The molecule has 4 aromatic carbocycles. The highest BCUT2D eigenvalue weighted by atomic mass is 16.9. The Labute approximate surface area is 328 Å². The topological polar surface area (TPSA) is 124 Å². The quantitative estimate of drug-likeness (QED) is 0.127. The summed E-state index contributed by atoms with van der Waals surface area (Å²) in [5.74, 6) is -1.36. The van der Waals surface area contributed by atoms with Gasteiger partial charge in [-0.05, 0) is 28.7 Å². The normalized spacial score (nSPS) is 33.4. The Morgan fingerprint density at radius 3 is 1.48 bits per heavy atom. The minimum atomic E-state index is -1.36. The summed E-state index contributed by atoms with van der Waals surface area (Å²) in [6.45, 7) is 3.36. The van der Waals surface area contributed by atoms with Crippen molar-refractivity contribution in [2.75, 3.05) is 6.61 Å². The van der Waals surface area contributed by atoms with Gasteiger partial charge < -0.3 is 52.8 Å². The number of hydrogen-bond donors (Lipinski definition) is 2. The maximum absolute atomic E-state index is 11.4. The Morgan fingerprint density at radius 2 is 0.982 bits per heavy atom. The van der Waals surface area contributed by atoms with Crippen molar-refractivity contribution in [1.29, 1.82) is 0 Å². The lowest BCUT2D eigenvalue weighted by Gasteiger charge is -2.62. The van der Waals surface area contributed by atoms with E-state index in [4.69, 9.17) is 42.6 Å². The van der Waals surface area contributed by atoms with Gasteiger partial charge in [0.1, 0.15) is 61.0 Å². The van der Waals surface area contributed by atoms with Crippen molar-refractivity contribution in [3.63, 3.8) is 0 Å². The zero-order chi connectivity index (χ0) is 38.3. The third-order valence-corrected chi connectivity index (χ3v) is 10.9. The van der Waals surface area contributed by atoms with Crippen LogP contribution >= 0.6 is 0 Å². The zero-order valence-corrected chi connectivity index (χ0v) is 31.6. The fourth-order valence-electron chi connectivity index (χ4n) is 8.01. The van der Waals surface area contributed by atoms with Crippen molar-refractivity contribution in [3.05, 3.63) is 144 Å². The minimum Gasteiger partial charge on any atom is -0.387 e. The van der Waals surface area contributed by atoms with Gasteiger partial charge >= 0.3 is 0 Å². The van der Waals surface area contributed by atoms with Gasteiger partial charge in [-0.3, -0.25) is 0 Å². The van der Waals surface area contributed by atoms with Crippen LogP contribution in [0.5, 0.6) is 0 Å². The van der Waals surface area contributed by atoms with Gasteiger partial charge in [0, 0.05) is 6.42 Å². The van der Waals surface area contributed by atoms with Gasteiger partial charge in [0.15, 0.2) is 6.29 Å². The molecule has 56 heavy (non-hydrogen) atoms. The molecule has 0 amide bonds. The molecular formula is C45H52O11. The highest BCUT2D eigenvalue weighted by Crippen LogP contribution is 2.49. The Balaban J connectivity index is 1.12. The molecular weight excluding hydrogens is 716 g/mol. The molecule has 4 heterocycles. The summed E-state index contributed by atoms with van der Waals surface area (Å²) < 4.78 is 59.3. The molecule has 0 spiro atoms. The van der Waals surface area contributed by atoms with E-state index in [1.54, 1.807) is 0 Å². The summed E-state index contributed by atoms with van der Waals surface area (Å²) in [6, 6.07) is 39.7. The van der Waals surface area contributed by atoms with Crippen LogP contribution in [0, 0.1) is 0 Å². The number of aliphatic hydroxyl groups excluding tert-OH is 2. The molecule has 298 valence electrons. The average molecular weight is 769 g/mol. The lowest BCUT2D eigenvalue weighted by atomic mass is 9.81. The standard InChI is InChI=1S/C45H52O11/c1-2-3-24-45-54-38-35(46)39(55-45)42(40(56-45)36(38)47)53-44-43(51-28-33-22-14-7-15-23-33)41(50-27-32-20-12-6-13-21-32)37(49-26-31-18-10-5-11-19-31)34(52-44)29-48-25-30-16-8-4-9-17-30/h4-23,34-44,46-47H,2-3,24-29H2,1H3/t34-,35-,36+,37-,38?,39+,40-,41+,42?,43+,44-,45?/m1/s1. The first kappa shape index (κ1) is 39.3. The number of rotatable bonds is 18. The summed E-state index contributed by atoms with van der Waals surface area (Å²) in [4.78, 5) is 0. The molecule has 0 aromatic heterocycles. The van der Waals surface area contributed by atoms with Crippen LogP contribution in [-0.4, -0.2) is 90.1 Å². The fraction of sp³-hybridized carbons (Fsp3) is 0.467. The van der Waals surface area contributed by atoms with Gasteiger partial charge in [-0.15, -0.1) is 0 Å². The van der Waals surface area contributed by atoms with Crippen LogP contribution in [0.4, 0.5) is 0 Å². The third kappa shape index (κ3) is 8.94. The number of aliphatic hydroxyl groups is 2. The van der Waals surface area contributed by atoms with Crippen LogP contribution in [0.3, 0.4) is 0 Å². The number of ether oxygens (including phenoxy) is 9. The SMILES string of the molecule is CCCCC12OC3[C@@H](O)[C@H](O1)C(O[C@H]1O[C@H](COCc4ccccc4)[C@@H](OCc4ccccc4)[C@H](OCc4ccccc4)[C@@H]1OCc1ccccc1)[C@H](O2)[C@H]3O. The maximum atomic E-state index is 11.4. The molecule has 9 rings (SSSR count). The molecule has 4 saturated heterocycles. The Kier molecular flexibility index (Phi) is 12.9. The highest BCUT2D eigenvalue weighted by Gasteiger charge is 2.68. The van der Waals surface area contributed by atoms with E-state index in [0.717, 1.165) is 35.1 Å². The first-order valence-electron chi connectivity index (χ1n) is 19.8. The van der Waals surface area contributed by atoms with Crippen molar-refractivity contribution in [2.24, 2.45) is 0 Å². The van der Waals surface area contributed by atoms with E-state index in [1.807, 2.05) is 121 Å². The molecule has 0 radical (unpaired) electrons. The summed E-state index contributed by atoms with van der Waals surface area (Å²) in [7, 11) is 0. The summed E-state index contributed by atoms with van der Waals surface area (Å²) >= 11 is 0. The van der Waals surface area contributed by atoms with Crippen LogP contribution in [0.25, 0.3) is 0 Å². The predicted molar refractivity (Wildman–Crippen MR) is 204 cm³/mol. The van der Waals surface area contributed by atoms with Crippen LogP contribution in [0.1, 0.15) is 48.4 Å². The second-order valence-corrected chi connectivity index (χ2v) is 14.9. The monoisotopic (exact) mass is 768 g/mol. The van der Waals surface area contributed by atoms with E-state index in [1.165, 1.54) is 0 Å². The van der Waals surface area contributed by atoms with Crippen molar-refractivity contribution in [3.8, 4) is 0 Å². The van der Waals surface area contributed by atoms with E-state index in [2.05, 4.69) is 6.92 Å². The summed E-state index contributed by atoms with van der Waals surface area (Å²) in [5.41, 5.74) is 3.93. The summed E-state index contributed by atoms with van der Waals surface area (Å²) in [6.07, 6.45) is -7.69. The lowest BCUT2D eigenvalue weighted by molar-refractivity contribution is -0.546. The zero-order valence-electron chi connectivity index (χ0n) is 31.6. The van der Waals surface area contributed by atoms with E-state index in [0.29, 0.717) is 19.6 Å². The van der Waals surface area contributed by atoms with Crippen LogP contribution in [0.15, 0.2) is 121 Å². The molecule has 1 saturated carbocycles. The van der Waals surface area contributed by atoms with Gasteiger partial charge in [-0.25, -0.2) is 0 Å². The molecule has 4 aromatic rings. The van der Waals surface area contributed by atoms with E-state index in [9.17, 15) is 10.2 Å². The third-order valence-electron chi connectivity index (χ3n) is 10.9. The molecule has 11 heteroatoms. The molecule has 1 aliphatic carbocycles. The van der Waals surface area contributed by atoms with Gasteiger partial charge in [-0.2, -0.15) is 0 Å². The van der Waals surface area contributed by atoms with Crippen molar-refractivity contribution in [1.82, 2.24) is 0 Å². The molecule has 4 bridgehead atoms. The average Bonchev–Trinajstić information content (AvgIpc) is 3.24. The first-order valence-corrected chi connectivity index (χ1v) is 19.8. The van der Waals surface area contributed by atoms with Crippen molar-refractivity contribution < 1.29 is 52.8 Å². The minimum absolute atomic E-state index is 0.149. The van der Waals surface area contributed by atoms with E-state index < -0.39 is 73.3 Å². The van der Waals surface area contributed by atoms with Crippen molar-refractivity contribution in [2.45, 2.75) is 126 Å². The molecule has 2 N–H and O–H groups in total. The first-order chi connectivity index (χ1) is 27.5. The van der Waals surface area contributed by atoms with Crippen molar-refractivity contribution >= 4 is 0 Å². The number of hydrogen-bond acceptors (Lipinski definition) is 11. The lowest BCUT2D eigenvalue weighted by Crippen LogP contribution is -2.79. The smallest absolute Gasteiger partial charge is 0.284 e. The molecule has 11 nitrogen and oxygen atoms in total. The Morgan fingerprint density at radius 1 is 0.536 bits per heavy atom. The largest absolute Gasteiger partial charge is 0.387 e. The van der Waals surface area contributed by atoms with Gasteiger partial charge in [0.2, 0.25) is 0 Å². The van der Waals surface area contributed by atoms with Gasteiger partial charge in [0.05, 0.1) is 33.0 Å². The Hall–Kier alpha value is -3.56. The molecule has 5 fully saturated rings. The van der Waals surface area contributed by atoms with Crippen LogP contribution < -0.4 is 0 Å².